The van der Waals surface area contributed by atoms with Crippen LogP contribution < -0.4 is 10.1 Å². The monoisotopic (exact) mass is 329 g/mol. The molecule has 124 valence electrons. The fraction of sp³-hybridized carbons (Fsp3) is 0.176. The summed E-state index contributed by atoms with van der Waals surface area (Å²) in [4.78, 5) is 12.0. The number of carbonyl (C=O) groups is 1. The number of nitrogens with one attached hydrogen (secondary N) is 1. The summed E-state index contributed by atoms with van der Waals surface area (Å²) in [6.45, 7) is -0.000423. The highest BCUT2D eigenvalue weighted by atomic mass is 19.1. The Morgan fingerprint density at radius 2 is 2.17 bits per heavy atom. The predicted molar refractivity (Wildman–Crippen MR) is 84.0 cm³/mol. The molecule has 0 fully saturated rings. The highest BCUT2D eigenvalue weighted by Gasteiger charge is 2.18. The van der Waals surface area contributed by atoms with Gasteiger partial charge in [0.1, 0.15) is 11.8 Å². The number of ether oxygens (including phenoxy) is 1. The summed E-state index contributed by atoms with van der Waals surface area (Å²) in [6, 6.07) is 11.0. The van der Waals surface area contributed by atoms with E-state index in [-0.39, 0.29) is 30.9 Å². The molecule has 0 aliphatic carbocycles. The number of aromatic nitrogens is 2. The van der Waals surface area contributed by atoms with E-state index in [2.05, 4.69) is 10.4 Å². The largest absolute Gasteiger partial charge is 0.481 e. The molecular formula is C17H16FN3O3. The molecule has 1 amide bonds. The van der Waals surface area contributed by atoms with E-state index in [0.717, 1.165) is 0 Å². The summed E-state index contributed by atoms with van der Waals surface area (Å²) >= 11 is 0. The van der Waals surface area contributed by atoms with Crippen LogP contribution in [0.3, 0.4) is 0 Å². The van der Waals surface area contributed by atoms with Gasteiger partial charge in [0, 0.05) is 18.9 Å². The lowest BCUT2D eigenvalue weighted by molar-refractivity contribution is -0.123. The number of hydrogen-bond acceptors (Lipinski definition) is 4. The van der Waals surface area contributed by atoms with E-state index in [1.165, 1.54) is 12.1 Å². The molecule has 0 unspecified atom stereocenters. The first-order valence-electron chi connectivity index (χ1n) is 7.40. The molecule has 1 N–H and O–H groups in total. The smallest absolute Gasteiger partial charge is 0.258 e. The molecule has 0 aliphatic heterocycles. The molecule has 6 nitrogen and oxygen atoms in total. The van der Waals surface area contributed by atoms with Crippen molar-refractivity contribution in [3.8, 4) is 5.75 Å². The van der Waals surface area contributed by atoms with E-state index < -0.39 is 5.82 Å². The van der Waals surface area contributed by atoms with Crippen LogP contribution in [0, 0.1) is 5.82 Å². The summed E-state index contributed by atoms with van der Waals surface area (Å²) < 4.78 is 25.7. The zero-order chi connectivity index (χ0) is 16.8. The first kappa shape index (κ1) is 15.8. The van der Waals surface area contributed by atoms with Crippen LogP contribution >= 0.6 is 0 Å². The Balaban J connectivity index is 1.57. The zero-order valence-electron chi connectivity index (χ0n) is 12.8. The highest BCUT2D eigenvalue weighted by molar-refractivity contribution is 5.77. The molecule has 1 aromatic carbocycles. The molecule has 24 heavy (non-hydrogen) atoms. The Hall–Kier alpha value is -3.09. The van der Waals surface area contributed by atoms with Gasteiger partial charge in [0.15, 0.2) is 18.2 Å². The number of amides is 1. The van der Waals surface area contributed by atoms with E-state index in [4.69, 9.17) is 9.15 Å². The van der Waals surface area contributed by atoms with Crippen molar-refractivity contribution in [1.29, 1.82) is 0 Å². The number of hydrogen-bond donors (Lipinski definition) is 1. The third-order valence-electron chi connectivity index (χ3n) is 3.40. The minimum absolute atomic E-state index is 0.0438. The van der Waals surface area contributed by atoms with Gasteiger partial charge in [-0.05, 0) is 30.3 Å². The van der Waals surface area contributed by atoms with Gasteiger partial charge in [-0.3, -0.25) is 9.48 Å². The maximum Gasteiger partial charge on any atom is 0.258 e. The summed E-state index contributed by atoms with van der Waals surface area (Å²) in [5.74, 6) is -0.145. The Morgan fingerprint density at radius 1 is 1.29 bits per heavy atom. The van der Waals surface area contributed by atoms with Crippen LogP contribution in [0.4, 0.5) is 4.39 Å². The van der Waals surface area contributed by atoms with E-state index in [1.54, 1.807) is 47.6 Å². The van der Waals surface area contributed by atoms with Crippen molar-refractivity contribution < 1.29 is 18.3 Å². The first-order chi connectivity index (χ1) is 11.7. The van der Waals surface area contributed by atoms with Crippen LogP contribution in [0.5, 0.6) is 5.75 Å². The Bertz CT molecular complexity index is 738. The van der Waals surface area contributed by atoms with E-state index >= 15 is 0 Å². The third kappa shape index (κ3) is 3.81. The molecule has 0 bridgehead atoms. The topological polar surface area (TPSA) is 69.3 Å². The molecule has 0 radical (unpaired) electrons. The van der Waals surface area contributed by atoms with E-state index in [0.29, 0.717) is 5.76 Å². The molecule has 3 aromatic rings. The molecule has 0 aliphatic rings. The molecule has 2 aromatic heterocycles. The van der Waals surface area contributed by atoms with Crippen molar-refractivity contribution in [3.05, 3.63) is 72.7 Å². The van der Waals surface area contributed by atoms with E-state index in [9.17, 15) is 9.18 Å². The highest BCUT2D eigenvalue weighted by Crippen LogP contribution is 2.17. The average Bonchev–Trinajstić information content (AvgIpc) is 3.28. The van der Waals surface area contributed by atoms with Gasteiger partial charge < -0.3 is 14.5 Å². The molecular weight excluding hydrogens is 313 g/mol. The third-order valence-corrected chi connectivity index (χ3v) is 3.40. The van der Waals surface area contributed by atoms with Gasteiger partial charge in [0.05, 0.1) is 6.26 Å². The van der Waals surface area contributed by atoms with Crippen LogP contribution in [0.2, 0.25) is 0 Å². The summed E-state index contributed by atoms with van der Waals surface area (Å²) in [5, 5.41) is 6.92. The molecule has 0 saturated carbocycles. The van der Waals surface area contributed by atoms with Gasteiger partial charge >= 0.3 is 0 Å². The second kappa shape index (κ2) is 7.45. The molecule has 2 heterocycles. The predicted octanol–water partition coefficient (Wildman–Crippen LogP) is 2.40. The Kier molecular flexibility index (Phi) is 4.90. The van der Waals surface area contributed by atoms with Crippen LogP contribution in [0.1, 0.15) is 11.8 Å². The van der Waals surface area contributed by atoms with Crippen LogP contribution in [0.15, 0.2) is 65.5 Å². The summed E-state index contributed by atoms with van der Waals surface area (Å²) in [5.41, 5.74) is 0. The second-order valence-corrected chi connectivity index (χ2v) is 5.04. The van der Waals surface area contributed by atoms with Gasteiger partial charge in [-0.1, -0.05) is 12.1 Å². The average molecular weight is 329 g/mol. The molecule has 0 spiro atoms. The van der Waals surface area contributed by atoms with Crippen LogP contribution in [-0.4, -0.2) is 28.8 Å². The fourth-order valence-corrected chi connectivity index (χ4v) is 2.24. The van der Waals surface area contributed by atoms with Crippen LogP contribution in [0.25, 0.3) is 0 Å². The standard InChI is InChI=1S/C17H16FN3O3/c18-13-5-1-2-6-15(13)24-12-17(22)19-11-14(16-7-3-10-23-16)21-9-4-8-20-21/h1-10,14H,11-12H2,(H,19,22)/t14-/m1/s1. The van der Waals surface area contributed by atoms with Gasteiger partial charge in [0.25, 0.3) is 5.91 Å². The fourth-order valence-electron chi connectivity index (χ4n) is 2.24. The van der Waals surface area contributed by atoms with Gasteiger partial charge in [0.2, 0.25) is 0 Å². The molecule has 1 atom stereocenters. The molecule has 7 heteroatoms. The van der Waals surface area contributed by atoms with E-state index in [1.807, 2.05) is 6.07 Å². The van der Waals surface area contributed by atoms with Crippen LogP contribution in [-0.2, 0) is 4.79 Å². The number of furan rings is 1. The van der Waals surface area contributed by atoms with Gasteiger partial charge in [-0.15, -0.1) is 0 Å². The lowest BCUT2D eigenvalue weighted by Crippen LogP contribution is -2.34. The Labute approximate surface area is 137 Å². The minimum Gasteiger partial charge on any atom is -0.481 e. The number of halogens is 1. The maximum atomic E-state index is 13.4. The van der Waals surface area contributed by atoms with Crippen molar-refractivity contribution in [2.75, 3.05) is 13.2 Å². The quantitative estimate of drug-likeness (QED) is 0.723. The first-order valence-corrected chi connectivity index (χ1v) is 7.40. The Morgan fingerprint density at radius 3 is 2.88 bits per heavy atom. The number of rotatable bonds is 7. The zero-order valence-corrected chi connectivity index (χ0v) is 12.8. The second-order valence-electron chi connectivity index (χ2n) is 5.04. The van der Waals surface area contributed by atoms with Gasteiger partial charge in [-0.2, -0.15) is 5.10 Å². The molecule has 0 saturated heterocycles. The lowest BCUT2D eigenvalue weighted by atomic mass is 10.2. The number of benzene rings is 1. The van der Waals surface area contributed by atoms with Crippen molar-refractivity contribution in [3.63, 3.8) is 0 Å². The van der Waals surface area contributed by atoms with Crippen molar-refractivity contribution in [2.24, 2.45) is 0 Å². The maximum absolute atomic E-state index is 13.4. The SMILES string of the molecule is O=C(COc1ccccc1F)NC[C@H](c1ccco1)n1cccn1. The van der Waals surface area contributed by atoms with Crippen molar-refractivity contribution in [1.82, 2.24) is 15.1 Å². The molecule has 3 rings (SSSR count). The normalized spacial score (nSPS) is 11.9. The number of para-hydroxylation sites is 1. The number of nitrogens with zero attached hydrogens (tertiary/aromatic N) is 2. The number of carbonyl (C=O) groups excluding carboxylic acids is 1. The lowest BCUT2D eigenvalue weighted by Gasteiger charge is -2.16. The van der Waals surface area contributed by atoms with Gasteiger partial charge in [-0.25, -0.2) is 4.39 Å². The summed E-state index contributed by atoms with van der Waals surface area (Å²) in [6.07, 6.45) is 5.00. The van der Waals surface area contributed by atoms with Crippen molar-refractivity contribution in [2.45, 2.75) is 6.04 Å². The summed E-state index contributed by atoms with van der Waals surface area (Å²) in [7, 11) is 0. The minimum atomic E-state index is -0.504. The van der Waals surface area contributed by atoms with Crippen molar-refractivity contribution >= 4 is 5.91 Å².